The summed E-state index contributed by atoms with van der Waals surface area (Å²) in [7, 11) is 0. The number of carboxylic acid groups (broad SMARTS) is 1. The Bertz CT molecular complexity index is 784. The van der Waals surface area contributed by atoms with Crippen LogP contribution in [0.5, 0.6) is 0 Å². The van der Waals surface area contributed by atoms with E-state index in [1.165, 1.54) is 0 Å². The Kier molecular flexibility index (Phi) is 6.53. The minimum atomic E-state index is -0.767. The second-order valence-electron chi connectivity index (χ2n) is 7.00. The number of hydrogen-bond donors (Lipinski definition) is 2. The quantitative estimate of drug-likeness (QED) is 0.797. The highest BCUT2D eigenvalue weighted by Crippen LogP contribution is 2.25. The molecule has 6 nitrogen and oxygen atoms in total. The van der Waals surface area contributed by atoms with Crippen LogP contribution >= 0.6 is 0 Å². The molecule has 0 bridgehead atoms. The Morgan fingerprint density at radius 2 is 1.64 bits per heavy atom. The zero-order valence-electron chi connectivity index (χ0n) is 16.2. The van der Waals surface area contributed by atoms with Crippen LogP contribution in [-0.4, -0.2) is 41.6 Å². The number of benzene rings is 2. The van der Waals surface area contributed by atoms with Crippen molar-refractivity contribution in [3.63, 3.8) is 0 Å². The molecule has 28 heavy (non-hydrogen) atoms. The van der Waals surface area contributed by atoms with Crippen LogP contribution in [0.2, 0.25) is 0 Å². The van der Waals surface area contributed by atoms with Gasteiger partial charge in [0.25, 0.3) is 0 Å². The number of urea groups is 1. The number of carbonyl (C=O) groups excluding carboxylic acids is 1. The summed E-state index contributed by atoms with van der Waals surface area (Å²) in [6.45, 7) is 4.42. The molecule has 2 amide bonds. The second kappa shape index (κ2) is 9.26. The minimum absolute atomic E-state index is 0.132. The lowest BCUT2D eigenvalue weighted by Crippen LogP contribution is -2.45. The van der Waals surface area contributed by atoms with E-state index in [-0.39, 0.29) is 11.9 Å². The van der Waals surface area contributed by atoms with Gasteiger partial charge in [0.2, 0.25) is 0 Å². The van der Waals surface area contributed by atoms with Gasteiger partial charge in [-0.2, -0.15) is 0 Å². The maximum absolute atomic E-state index is 12.3. The van der Waals surface area contributed by atoms with Gasteiger partial charge in [-0.15, -0.1) is 0 Å². The molecule has 0 unspecified atom stereocenters. The number of carboxylic acids is 1. The third kappa shape index (κ3) is 4.82. The van der Waals surface area contributed by atoms with Crippen LogP contribution in [0.15, 0.2) is 54.6 Å². The molecule has 1 aliphatic heterocycles. The first-order valence-corrected chi connectivity index (χ1v) is 9.75. The summed E-state index contributed by atoms with van der Waals surface area (Å²) in [6, 6.07) is 18.3. The molecule has 2 N–H and O–H groups in total. The molecule has 0 aliphatic carbocycles. The molecular weight excluding hydrogens is 354 g/mol. The Morgan fingerprint density at radius 3 is 2.21 bits per heavy atom. The summed E-state index contributed by atoms with van der Waals surface area (Å²) in [4.78, 5) is 27.2. The molecule has 0 atom stereocenters. The van der Waals surface area contributed by atoms with E-state index < -0.39 is 5.97 Å². The molecule has 0 saturated carbocycles. The standard InChI is InChI=1S/C22H27N3O3/c1-2-25(19-6-4-3-5-7-19)20-10-8-17(9-11-20)16-23-22(28)24-14-12-18(13-15-24)21(26)27/h3-11,18H,2,12-16H2,1H3,(H,23,28)(H,26,27). The SMILES string of the molecule is CCN(c1ccccc1)c1ccc(CNC(=O)N2CCC(C(=O)O)CC2)cc1. The van der Waals surface area contributed by atoms with Gasteiger partial charge in [0, 0.05) is 37.6 Å². The third-order valence-electron chi connectivity index (χ3n) is 5.21. The van der Waals surface area contributed by atoms with Gasteiger partial charge < -0.3 is 20.2 Å². The first-order chi connectivity index (χ1) is 13.6. The zero-order valence-corrected chi connectivity index (χ0v) is 16.2. The van der Waals surface area contributed by atoms with Crippen LogP contribution in [0.1, 0.15) is 25.3 Å². The molecule has 148 valence electrons. The summed E-state index contributed by atoms with van der Waals surface area (Å²) in [5, 5.41) is 12.0. The Labute approximate surface area is 165 Å². The van der Waals surface area contributed by atoms with Gasteiger partial charge in [0.15, 0.2) is 0 Å². The molecule has 0 aromatic heterocycles. The first-order valence-electron chi connectivity index (χ1n) is 9.75. The molecule has 0 radical (unpaired) electrons. The largest absolute Gasteiger partial charge is 0.481 e. The second-order valence-corrected chi connectivity index (χ2v) is 7.00. The number of amides is 2. The number of hydrogen-bond acceptors (Lipinski definition) is 3. The number of likely N-dealkylation sites (tertiary alicyclic amines) is 1. The maximum atomic E-state index is 12.3. The lowest BCUT2D eigenvalue weighted by Gasteiger charge is -2.30. The van der Waals surface area contributed by atoms with Crippen molar-refractivity contribution in [2.24, 2.45) is 5.92 Å². The van der Waals surface area contributed by atoms with Crippen molar-refractivity contribution in [1.82, 2.24) is 10.2 Å². The summed E-state index contributed by atoms with van der Waals surface area (Å²) >= 11 is 0. The predicted octanol–water partition coefficient (Wildman–Crippen LogP) is 3.85. The maximum Gasteiger partial charge on any atom is 0.317 e. The van der Waals surface area contributed by atoms with E-state index in [9.17, 15) is 9.59 Å². The number of nitrogens with zero attached hydrogens (tertiary/aromatic N) is 2. The van der Waals surface area contributed by atoms with Crippen LogP contribution in [0.4, 0.5) is 16.2 Å². The van der Waals surface area contributed by atoms with E-state index in [2.05, 4.69) is 41.4 Å². The Morgan fingerprint density at radius 1 is 1.04 bits per heavy atom. The van der Waals surface area contributed by atoms with E-state index in [4.69, 9.17) is 5.11 Å². The van der Waals surface area contributed by atoms with Crippen LogP contribution in [0.3, 0.4) is 0 Å². The Balaban J connectivity index is 1.53. The molecule has 0 spiro atoms. The molecule has 1 heterocycles. The molecule has 6 heteroatoms. The lowest BCUT2D eigenvalue weighted by molar-refractivity contribution is -0.143. The smallest absolute Gasteiger partial charge is 0.317 e. The predicted molar refractivity (Wildman–Crippen MR) is 110 cm³/mol. The number of aliphatic carboxylic acids is 1. The number of nitrogens with one attached hydrogen (secondary N) is 1. The normalized spacial score (nSPS) is 14.5. The van der Waals surface area contributed by atoms with Crippen molar-refractivity contribution in [1.29, 1.82) is 0 Å². The van der Waals surface area contributed by atoms with Crippen molar-refractivity contribution in [2.75, 3.05) is 24.5 Å². The fraction of sp³-hybridized carbons (Fsp3) is 0.364. The average molecular weight is 381 g/mol. The number of anilines is 2. The highest BCUT2D eigenvalue weighted by Gasteiger charge is 2.26. The summed E-state index contributed by atoms with van der Waals surface area (Å²) in [5.41, 5.74) is 3.29. The van der Waals surface area contributed by atoms with Gasteiger partial charge in [-0.1, -0.05) is 30.3 Å². The van der Waals surface area contributed by atoms with Gasteiger partial charge in [0.1, 0.15) is 0 Å². The molecule has 1 aliphatic rings. The van der Waals surface area contributed by atoms with Gasteiger partial charge >= 0.3 is 12.0 Å². The third-order valence-corrected chi connectivity index (χ3v) is 5.21. The number of rotatable bonds is 6. The van der Waals surface area contributed by atoms with Gasteiger partial charge in [0.05, 0.1) is 5.92 Å². The van der Waals surface area contributed by atoms with Gasteiger partial charge in [-0.3, -0.25) is 4.79 Å². The van der Waals surface area contributed by atoms with Gasteiger partial charge in [-0.25, -0.2) is 4.79 Å². The van der Waals surface area contributed by atoms with Crippen molar-refractivity contribution < 1.29 is 14.7 Å². The summed E-state index contributed by atoms with van der Waals surface area (Å²) < 4.78 is 0. The van der Waals surface area contributed by atoms with Crippen LogP contribution in [0.25, 0.3) is 0 Å². The average Bonchev–Trinajstić information content (AvgIpc) is 2.74. The van der Waals surface area contributed by atoms with E-state index >= 15 is 0 Å². The fourth-order valence-corrected chi connectivity index (χ4v) is 3.53. The van der Waals surface area contributed by atoms with E-state index in [1.54, 1.807) is 4.90 Å². The van der Waals surface area contributed by atoms with Crippen molar-refractivity contribution >= 4 is 23.4 Å². The molecule has 1 saturated heterocycles. The van der Waals surface area contributed by atoms with E-state index in [0.717, 1.165) is 23.5 Å². The monoisotopic (exact) mass is 381 g/mol. The fourth-order valence-electron chi connectivity index (χ4n) is 3.53. The van der Waals surface area contributed by atoms with Crippen LogP contribution in [-0.2, 0) is 11.3 Å². The first kappa shape index (κ1) is 19.7. The molecular formula is C22H27N3O3. The number of para-hydroxylation sites is 1. The minimum Gasteiger partial charge on any atom is -0.481 e. The number of piperidine rings is 1. The van der Waals surface area contributed by atoms with Crippen molar-refractivity contribution in [3.05, 3.63) is 60.2 Å². The topological polar surface area (TPSA) is 72.9 Å². The van der Waals surface area contributed by atoms with Crippen LogP contribution < -0.4 is 10.2 Å². The molecule has 1 fully saturated rings. The van der Waals surface area contributed by atoms with Crippen molar-refractivity contribution in [2.45, 2.75) is 26.3 Å². The van der Waals surface area contributed by atoms with Crippen molar-refractivity contribution in [3.8, 4) is 0 Å². The Hall–Kier alpha value is -3.02. The highest BCUT2D eigenvalue weighted by atomic mass is 16.4. The molecule has 3 rings (SSSR count). The van der Waals surface area contributed by atoms with E-state index in [0.29, 0.717) is 32.5 Å². The lowest BCUT2D eigenvalue weighted by atomic mass is 9.97. The van der Waals surface area contributed by atoms with Crippen LogP contribution in [0, 0.1) is 5.92 Å². The van der Waals surface area contributed by atoms with E-state index in [1.807, 2.05) is 30.3 Å². The molecule has 2 aromatic carbocycles. The number of carbonyl (C=O) groups is 2. The summed E-state index contributed by atoms with van der Waals surface area (Å²) in [5.74, 6) is -1.10. The highest BCUT2D eigenvalue weighted by molar-refractivity contribution is 5.75. The molecule has 2 aromatic rings. The van der Waals surface area contributed by atoms with Gasteiger partial charge in [-0.05, 0) is 49.6 Å². The zero-order chi connectivity index (χ0) is 19.9. The summed E-state index contributed by atoms with van der Waals surface area (Å²) in [6.07, 6.45) is 1.04.